The van der Waals surface area contributed by atoms with Crippen LogP contribution >= 0.6 is 11.6 Å². The molecule has 0 spiro atoms. The predicted molar refractivity (Wildman–Crippen MR) is 145 cm³/mol. The van der Waals surface area contributed by atoms with Gasteiger partial charge in [0.2, 0.25) is 0 Å². The molecular formula is C30H28ClNO6. The van der Waals surface area contributed by atoms with Crippen molar-refractivity contribution < 1.29 is 29.0 Å². The summed E-state index contributed by atoms with van der Waals surface area (Å²) >= 11 is 6.38. The van der Waals surface area contributed by atoms with E-state index in [4.69, 9.17) is 21.1 Å². The standard InChI is InChI=1S/C30H28ClNO6/c1-17(2)38-25(33)15-19-8-10-21(11-9-19)32-27(20-7-5-6-18(3)14-20)26(29(35)30(32)36)28(34)23-16-22(37-4)12-13-24(23)31/h5-14,16-17,27,34H,15H2,1-4H3/b28-26+. The fourth-order valence-corrected chi connectivity index (χ4v) is 4.67. The Kier molecular flexibility index (Phi) is 7.88. The van der Waals surface area contributed by atoms with Crippen molar-refractivity contribution in [3.05, 3.63) is 99.6 Å². The van der Waals surface area contributed by atoms with Gasteiger partial charge in [-0.1, -0.05) is 53.6 Å². The van der Waals surface area contributed by atoms with Crippen LogP contribution in [-0.4, -0.2) is 36.0 Å². The van der Waals surface area contributed by atoms with E-state index in [1.165, 1.54) is 18.1 Å². The Bertz CT molecular complexity index is 1430. The molecule has 1 N–H and O–H groups in total. The average molecular weight is 534 g/mol. The number of ketones is 1. The summed E-state index contributed by atoms with van der Waals surface area (Å²) in [6.07, 6.45) is -0.145. The molecule has 0 aliphatic carbocycles. The molecule has 1 aliphatic heterocycles. The number of methoxy groups -OCH3 is 1. The van der Waals surface area contributed by atoms with Crippen LogP contribution in [0.3, 0.4) is 0 Å². The van der Waals surface area contributed by atoms with Crippen LogP contribution in [0.15, 0.2) is 72.3 Å². The summed E-state index contributed by atoms with van der Waals surface area (Å²) in [5, 5.41) is 11.6. The third-order valence-corrected chi connectivity index (χ3v) is 6.49. The second kappa shape index (κ2) is 11.1. The SMILES string of the molecule is COc1ccc(Cl)c(/C(O)=C2\C(=O)C(=O)N(c3ccc(CC(=O)OC(C)C)cc3)C2c2cccc(C)c2)c1. The lowest BCUT2D eigenvalue weighted by atomic mass is 9.94. The zero-order valence-electron chi connectivity index (χ0n) is 21.5. The number of aliphatic hydroxyl groups excluding tert-OH is 1. The number of ether oxygens (including phenoxy) is 2. The summed E-state index contributed by atoms with van der Waals surface area (Å²) in [5.41, 5.74) is 2.81. The Hall–Kier alpha value is -4.10. The molecule has 196 valence electrons. The lowest BCUT2D eigenvalue weighted by molar-refractivity contribution is -0.146. The van der Waals surface area contributed by atoms with Crippen molar-refractivity contribution in [3.8, 4) is 5.75 Å². The topological polar surface area (TPSA) is 93.1 Å². The molecule has 1 heterocycles. The third-order valence-electron chi connectivity index (χ3n) is 6.16. The van der Waals surface area contributed by atoms with E-state index in [9.17, 15) is 19.5 Å². The van der Waals surface area contributed by atoms with Gasteiger partial charge >= 0.3 is 5.97 Å². The van der Waals surface area contributed by atoms with Crippen LogP contribution in [0.4, 0.5) is 5.69 Å². The maximum Gasteiger partial charge on any atom is 0.310 e. The minimum atomic E-state index is -0.908. The molecule has 4 rings (SSSR count). The highest BCUT2D eigenvalue weighted by Crippen LogP contribution is 2.43. The van der Waals surface area contributed by atoms with Crippen molar-refractivity contribution in [1.82, 2.24) is 0 Å². The van der Waals surface area contributed by atoms with E-state index in [2.05, 4.69) is 0 Å². The van der Waals surface area contributed by atoms with Crippen LogP contribution in [0.1, 0.15) is 42.1 Å². The molecule has 0 radical (unpaired) electrons. The number of nitrogens with zero attached hydrogens (tertiary/aromatic N) is 1. The van der Waals surface area contributed by atoms with Gasteiger partial charge in [0.05, 0.1) is 36.3 Å². The quantitative estimate of drug-likeness (QED) is 0.179. The fourth-order valence-electron chi connectivity index (χ4n) is 4.46. The molecule has 0 aromatic heterocycles. The van der Waals surface area contributed by atoms with Crippen LogP contribution in [0, 0.1) is 6.92 Å². The van der Waals surface area contributed by atoms with E-state index in [1.54, 1.807) is 56.3 Å². The zero-order valence-corrected chi connectivity index (χ0v) is 22.3. The first-order chi connectivity index (χ1) is 18.1. The highest BCUT2D eigenvalue weighted by atomic mass is 35.5. The first-order valence-electron chi connectivity index (χ1n) is 12.1. The fraction of sp³-hybridized carbons (Fsp3) is 0.233. The van der Waals surface area contributed by atoms with Gasteiger partial charge in [-0.05, 0) is 62.2 Å². The summed E-state index contributed by atoms with van der Waals surface area (Å²) in [4.78, 5) is 40.2. The number of halogens is 1. The van der Waals surface area contributed by atoms with Crippen LogP contribution in [-0.2, 0) is 25.5 Å². The molecule has 0 saturated carbocycles. The van der Waals surface area contributed by atoms with Crippen LogP contribution in [0.5, 0.6) is 5.75 Å². The smallest absolute Gasteiger partial charge is 0.310 e. The second-order valence-electron chi connectivity index (χ2n) is 9.31. The van der Waals surface area contributed by atoms with E-state index in [1.807, 2.05) is 25.1 Å². The van der Waals surface area contributed by atoms with Crippen molar-refractivity contribution in [2.75, 3.05) is 12.0 Å². The van der Waals surface area contributed by atoms with Gasteiger partial charge in [0.25, 0.3) is 11.7 Å². The number of amides is 1. The molecule has 1 unspecified atom stereocenters. The molecular weight excluding hydrogens is 506 g/mol. The molecule has 7 nitrogen and oxygen atoms in total. The monoisotopic (exact) mass is 533 g/mol. The van der Waals surface area contributed by atoms with Gasteiger partial charge in [0.1, 0.15) is 11.5 Å². The Balaban J connectivity index is 1.82. The van der Waals surface area contributed by atoms with Gasteiger partial charge < -0.3 is 14.6 Å². The number of anilines is 1. The van der Waals surface area contributed by atoms with E-state index in [0.717, 1.165) is 5.56 Å². The summed E-state index contributed by atoms with van der Waals surface area (Å²) in [5.74, 6) is -1.94. The number of hydrogen-bond acceptors (Lipinski definition) is 6. The molecule has 3 aromatic rings. The van der Waals surface area contributed by atoms with Gasteiger partial charge in [-0.3, -0.25) is 19.3 Å². The van der Waals surface area contributed by atoms with Crippen molar-refractivity contribution in [1.29, 1.82) is 0 Å². The molecule has 38 heavy (non-hydrogen) atoms. The lowest BCUT2D eigenvalue weighted by Crippen LogP contribution is -2.29. The van der Waals surface area contributed by atoms with Gasteiger partial charge in [-0.2, -0.15) is 0 Å². The molecule has 8 heteroatoms. The first-order valence-corrected chi connectivity index (χ1v) is 12.5. The number of rotatable bonds is 7. The van der Waals surface area contributed by atoms with Crippen molar-refractivity contribution in [2.24, 2.45) is 0 Å². The van der Waals surface area contributed by atoms with Gasteiger partial charge in [0.15, 0.2) is 0 Å². The number of aliphatic hydroxyl groups is 1. The van der Waals surface area contributed by atoms with Crippen LogP contribution in [0.2, 0.25) is 5.02 Å². The molecule has 1 amide bonds. The van der Waals surface area contributed by atoms with E-state index >= 15 is 0 Å². The molecule has 1 atom stereocenters. The molecule has 1 saturated heterocycles. The second-order valence-corrected chi connectivity index (χ2v) is 9.72. The maximum atomic E-state index is 13.4. The highest BCUT2D eigenvalue weighted by Gasteiger charge is 2.47. The average Bonchev–Trinajstić information content (AvgIpc) is 3.14. The number of carbonyl (C=O) groups excluding carboxylic acids is 3. The first kappa shape index (κ1) is 26.9. The summed E-state index contributed by atoms with van der Waals surface area (Å²) in [6, 6.07) is 17.9. The molecule has 0 bridgehead atoms. The van der Waals surface area contributed by atoms with Crippen LogP contribution in [0.25, 0.3) is 5.76 Å². The zero-order chi connectivity index (χ0) is 27.6. The van der Waals surface area contributed by atoms with Crippen molar-refractivity contribution >= 4 is 40.7 Å². The summed E-state index contributed by atoms with van der Waals surface area (Å²) < 4.78 is 10.5. The Labute approximate surface area is 226 Å². The maximum absolute atomic E-state index is 13.4. The third kappa shape index (κ3) is 5.43. The minimum absolute atomic E-state index is 0.0763. The molecule has 1 aliphatic rings. The number of benzene rings is 3. The number of hydrogen-bond donors (Lipinski definition) is 1. The van der Waals surface area contributed by atoms with Crippen molar-refractivity contribution in [3.63, 3.8) is 0 Å². The van der Waals surface area contributed by atoms with E-state index in [-0.39, 0.29) is 34.7 Å². The summed E-state index contributed by atoms with van der Waals surface area (Å²) in [7, 11) is 1.48. The largest absolute Gasteiger partial charge is 0.507 e. The Morgan fingerprint density at radius 3 is 2.39 bits per heavy atom. The number of aryl methyl sites for hydroxylation is 1. The van der Waals surface area contributed by atoms with Gasteiger partial charge in [0, 0.05) is 11.3 Å². The number of carbonyl (C=O) groups is 3. The predicted octanol–water partition coefficient (Wildman–Crippen LogP) is 5.78. The van der Waals surface area contributed by atoms with Crippen molar-refractivity contribution in [2.45, 2.75) is 39.3 Å². The molecule has 1 fully saturated rings. The van der Waals surface area contributed by atoms with Gasteiger partial charge in [-0.25, -0.2) is 0 Å². The van der Waals surface area contributed by atoms with Crippen LogP contribution < -0.4 is 9.64 Å². The minimum Gasteiger partial charge on any atom is -0.507 e. The normalized spacial score (nSPS) is 16.7. The Morgan fingerprint density at radius 2 is 1.76 bits per heavy atom. The number of Topliss-reactive ketones (excluding diaryl/α,β-unsaturated/α-hetero) is 1. The lowest BCUT2D eigenvalue weighted by Gasteiger charge is -2.26. The number of esters is 1. The van der Waals surface area contributed by atoms with E-state index in [0.29, 0.717) is 22.6 Å². The highest BCUT2D eigenvalue weighted by molar-refractivity contribution is 6.52. The Morgan fingerprint density at radius 1 is 1.05 bits per heavy atom. The molecule has 3 aromatic carbocycles. The van der Waals surface area contributed by atoms with E-state index < -0.39 is 23.5 Å². The van der Waals surface area contributed by atoms with Gasteiger partial charge in [-0.15, -0.1) is 0 Å². The summed E-state index contributed by atoms with van der Waals surface area (Å²) in [6.45, 7) is 5.46.